The van der Waals surface area contributed by atoms with Crippen LogP contribution in [0.15, 0.2) is 35.6 Å². The fourth-order valence-electron chi connectivity index (χ4n) is 3.05. The predicted octanol–water partition coefficient (Wildman–Crippen LogP) is 4.86. The van der Waals surface area contributed by atoms with Gasteiger partial charge in [-0.15, -0.1) is 0 Å². The van der Waals surface area contributed by atoms with Crippen molar-refractivity contribution in [1.29, 1.82) is 0 Å². The van der Waals surface area contributed by atoms with Crippen molar-refractivity contribution in [2.24, 2.45) is 0 Å². The fourth-order valence-corrected chi connectivity index (χ4v) is 4.16. The van der Waals surface area contributed by atoms with E-state index in [2.05, 4.69) is 30.3 Å². The molecule has 0 unspecified atom stereocenters. The highest BCUT2D eigenvalue weighted by Crippen LogP contribution is 2.37. The van der Waals surface area contributed by atoms with E-state index in [1.165, 1.54) is 11.8 Å². The minimum atomic E-state index is -1.09. The first kappa shape index (κ1) is 19.3. The van der Waals surface area contributed by atoms with Gasteiger partial charge in [-0.2, -0.15) is 0 Å². The lowest BCUT2D eigenvalue weighted by Gasteiger charge is -2.15. The second-order valence-corrected chi connectivity index (χ2v) is 14.4. The average molecular weight is 416 g/mol. The van der Waals surface area contributed by atoms with Crippen LogP contribution in [0.25, 0.3) is 22.3 Å². The van der Waals surface area contributed by atoms with Crippen LogP contribution in [0.1, 0.15) is 0 Å². The molecule has 0 saturated heterocycles. The number of nitrogens with zero attached hydrogens (tertiary/aromatic N) is 3. The Kier molecular flexibility index (Phi) is 5.35. The van der Waals surface area contributed by atoms with Crippen LogP contribution in [-0.4, -0.2) is 42.3 Å². The number of thioether (sulfide) groups is 1. The van der Waals surface area contributed by atoms with E-state index in [0.717, 1.165) is 51.6 Å². The van der Waals surface area contributed by atoms with Crippen LogP contribution in [-0.2, 0) is 11.5 Å². The summed E-state index contributed by atoms with van der Waals surface area (Å²) in [5.41, 5.74) is 2.78. The molecule has 0 bridgehead atoms. The van der Waals surface area contributed by atoms with Crippen LogP contribution in [0.3, 0.4) is 0 Å². The van der Waals surface area contributed by atoms with Gasteiger partial charge < -0.3 is 18.8 Å². The normalized spacial score (nSPS) is 13.4. The molecule has 0 spiro atoms. The van der Waals surface area contributed by atoms with E-state index in [-0.39, 0.29) is 6.79 Å². The lowest BCUT2D eigenvalue weighted by atomic mass is 10.1. The average Bonchev–Trinajstić information content (AvgIpc) is 3.29. The van der Waals surface area contributed by atoms with Crippen molar-refractivity contribution >= 4 is 30.9 Å². The molecule has 0 amide bonds. The summed E-state index contributed by atoms with van der Waals surface area (Å²) >= 11 is 1.53. The monoisotopic (exact) mass is 415 g/mol. The molecule has 0 aliphatic carbocycles. The van der Waals surface area contributed by atoms with Gasteiger partial charge in [0.05, 0.1) is 5.69 Å². The molecular weight excluding hydrogens is 390 g/mol. The van der Waals surface area contributed by atoms with Crippen LogP contribution in [0, 0.1) is 0 Å². The van der Waals surface area contributed by atoms with Crippen molar-refractivity contribution in [3.05, 3.63) is 30.5 Å². The smallest absolute Gasteiger partial charge is 0.231 e. The molecule has 2 aromatic heterocycles. The lowest BCUT2D eigenvalue weighted by molar-refractivity contribution is 0.0898. The van der Waals surface area contributed by atoms with E-state index in [9.17, 15) is 0 Å². The topological polar surface area (TPSA) is 58.4 Å². The Morgan fingerprint density at radius 3 is 2.75 bits per heavy atom. The van der Waals surface area contributed by atoms with Gasteiger partial charge >= 0.3 is 0 Å². The van der Waals surface area contributed by atoms with Crippen LogP contribution in [0.2, 0.25) is 25.7 Å². The Morgan fingerprint density at radius 2 is 1.96 bits per heavy atom. The quantitative estimate of drug-likeness (QED) is 0.238. The zero-order chi connectivity index (χ0) is 19.7. The third-order valence-corrected chi connectivity index (χ3v) is 6.91. The molecule has 1 aliphatic heterocycles. The molecule has 3 aromatic rings. The highest BCUT2D eigenvalue weighted by Gasteiger charge is 2.18. The minimum Gasteiger partial charge on any atom is -0.454 e. The summed E-state index contributed by atoms with van der Waals surface area (Å²) in [6.07, 6.45) is 4.01. The van der Waals surface area contributed by atoms with E-state index in [4.69, 9.17) is 24.2 Å². The van der Waals surface area contributed by atoms with Gasteiger partial charge in [-0.1, -0.05) is 31.4 Å². The van der Waals surface area contributed by atoms with E-state index >= 15 is 0 Å². The molecule has 0 radical (unpaired) electrons. The molecule has 28 heavy (non-hydrogen) atoms. The zero-order valence-corrected chi connectivity index (χ0v) is 18.5. The van der Waals surface area contributed by atoms with Gasteiger partial charge in [0.25, 0.3) is 0 Å². The Labute approximate surface area is 170 Å². The highest BCUT2D eigenvalue weighted by molar-refractivity contribution is 7.98. The number of hydrogen-bond donors (Lipinski definition) is 0. The second-order valence-electron chi connectivity index (χ2n) is 8.00. The summed E-state index contributed by atoms with van der Waals surface area (Å²) in [5, 5.41) is 1.74. The summed E-state index contributed by atoms with van der Waals surface area (Å²) in [5.74, 6) is 1.52. The molecule has 0 atom stereocenters. The maximum atomic E-state index is 5.94. The molecule has 3 heterocycles. The molecule has 148 valence electrons. The molecule has 0 saturated carbocycles. The summed E-state index contributed by atoms with van der Waals surface area (Å²) in [6.45, 7) is 8.62. The molecule has 6 nitrogen and oxygen atoms in total. The van der Waals surface area contributed by atoms with Crippen molar-refractivity contribution < 1.29 is 14.2 Å². The number of benzene rings is 1. The van der Waals surface area contributed by atoms with Crippen molar-refractivity contribution in [2.75, 3.05) is 19.7 Å². The molecule has 8 heteroatoms. The third kappa shape index (κ3) is 4.04. The van der Waals surface area contributed by atoms with Crippen molar-refractivity contribution in [3.8, 4) is 22.8 Å². The summed E-state index contributed by atoms with van der Waals surface area (Å²) < 4.78 is 19.0. The first-order valence-electron chi connectivity index (χ1n) is 9.33. The van der Waals surface area contributed by atoms with Crippen molar-refractivity contribution in [3.63, 3.8) is 0 Å². The minimum absolute atomic E-state index is 0.263. The van der Waals surface area contributed by atoms with Gasteiger partial charge in [0, 0.05) is 31.8 Å². The molecule has 4 rings (SSSR count). The predicted molar refractivity (Wildman–Crippen MR) is 115 cm³/mol. The fraction of sp³-hybridized carbons (Fsp3) is 0.400. The van der Waals surface area contributed by atoms with E-state index in [1.807, 2.05) is 30.7 Å². The van der Waals surface area contributed by atoms with Gasteiger partial charge in [0.2, 0.25) is 6.79 Å². The molecular formula is C20H25N3O3SSi. The number of ether oxygens (including phenoxy) is 3. The van der Waals surface area contributed by atoms with E-state index in [1.54, 1.807) is 0 Å². The Morgan fingerprint density at radius 1 is 1.14 bits per heavy atom. The van der Waals surface area contributed by atoms with Gasteiger partial charge in [-0.25, -0.2) is 9.97 Å². The van der Waals surface area contributed by atoms with Gasteiger partial charge in [0.15, 0.2) is 16.7 Å². The van der Waals surface area contributed by atoms with Gasteiger partial charge in [-0.3, -0.25) is 0 Å². The van der Waals surface area contributed by atoms with Crippen LogP contribution in [0.4, 0.5) is 0 Å². The van der Waals surface area contributed by atoms with Gasteiger partial charge in [0.1, 0.15) is 12.4 Å². The molecule has 0 fully saturated rings. The first-order valence-corrected chi connectivity index (χ1v) is 14.3. The molecule has 1 aromatic carbocycles. The summed E-state index contributed by atoms with van der Waals surface area (Å²) in [7, 11) is -1.09. The van der Waals surface area contributed by atoms with Crippen molar-refractivity contribution in [2.45, 2.75) is 37.6 Å². The maximum Gasteiger partial charge on any atom is 0.231 e. The van der Waals surface area contributed by atoms with Gasteiger partial charge in [-0.05, 0) is 36.6 Å². The molecule has 1 aliphatic rings. The van der Waals surface area contributed by atoms with E-state index < -0.39 is 8.07 Å². The van der Waals surface area contributed by atoms with Crippen LogP contribution in [0.5, 0.6) is 11.5 Å². The Balaban J connectivity index is 1.65. The first-order chi connectivity index (χ1) is 13.4. The van der Waals surface area contributed by atoms with E-state index in [0.29, 0.717) is 6.73 Å². The maximum absolute atomic E-state index is 5.94. The Bertz CT molecular complexity index is 1000. The number of aromatic nitrogens is 3. The standard InChI is InChI=1S/C20H25N3O3SSi/c1-27-20-21-18(14-5-6-16-17(11-14)26-13-25-16)15-7-8-23(19(15)22-20)12-24-9-10-28(2,3)4/h5-8,11H,9-10,12-13H2,1-4H3. The summed E-state index contributed by atoms with van der Waals surface area (Å²) in [4.78, 5) is 9.49. The highest BCUT2D eigenvalue weighted by atomic mass is 32.2. The largest absolute Gasteiger partial charge is 0.454 e. The molecule has 0 N–H and O–H groups in total. The van der Waals surface area contributed by atoms with Crippen LogP contribution < -0.4 is 9.47 Å². The number of fused-ring (bicyclic) bond motifs is 2. The van der Waals surface area contributed by atoms with Crippen LogP contribution >= 0.6 is 11.8 Å². The number of hydrogen-bond acceptors (Lipinski definition) is 6. The SMILES string of the molecule is CSc1nc(-c2ccc3c(c2)OCO3)c2ccn(COCC[Si](C)(C)C)c2n1. The van der Waals surface area contributed by atoms with Crippen molar-refractivity contribution in [1.82, 2.24) is 14.5 Å². The summed E-state index contributed by atoms with van der Waals surface area (Å²) in [6, 6.07) is 9.14. The zero-order valence-electron chi connectivity index (χ0n) is 16.7. The Hall–Kier alpha value is -2.03. The second kappa shape index (κ2) is 7.77. The lowest BCUT2D eigenvalue weighted by Crippen LogP contribution is -2.22. The number of rotatable bonds is 7. The third-order valence-electron chi connectivity index (χ3n) is 4.65.